The zero-order valence-electron chi connectivity index (χ0n) is 4.27. The maximum Gasteiger partial charge on any atom is 0.0575 e. The second-order valence-electron chi connectivity index (χ2n) is 1.99. The smallest absolute Gasteiger partial charge is 0.0575 e. The number of hydrogen-bond acceptors (Lipinski definition) is 1. The average Bonchev–Trinajstić information content (AvgIpc) is 1.33. The first-order valence-corrected chi connectivity index (χ1v) is 2.44. The lowest BCUT2D eigenvalue weighted by molar-refractivity contribution is -0.102. The molecule has 0 aromatic carbocycles. The summed E-state index contributed by atoms with van der Waals surface area (Å²) >= 11 is 0. The fourth-order valence-corrected chi connectivity index (χ4v) is 0.853. The van der Waals surface area contributed by atoms with Crippen LogP contribution in [0, 0.1) is 0 Å². The van der Waals surface area contributed by atoms with E-state index in [0.29, 0.717) is 12.2 Å². The number of ether oxygens (including phenoxy) is 1. The van der Waals surface area contributed by atoms with Crippen LogP contribution in [0.2, 0.25) is 0 Å². The zero-order chi connectivity index (χ0) is 4.57. The predicted octanol–water partition coefficient (Wildman–Crippen LogP) is 2.46. The molecular formula is C7H18O. The van der Waals surface area contributed by atoms with Crippen LogP contribution in [0.25, 0.3) is 0 Å². The van der Waals surface area contributed by atoms with Crippen LogP contribution < -0.4 is 0 Å². The van der Waals surface area contributed by atoms with Gasteiger partial charge in [-0.1, -0.05) is 14.9 Å². The maximum atomic E-state index is 5.14. The van der Waals surface area contributed by atoms with Crippen LogP contribution >= 0.6 is 0 Å². The van der Waals surface area contributed by atoms with E-state index >= 15 is 0 Å². The summed E-state index contributed by atoms with van der Waals surface area (Å²) in [4.78, 5) is 0. The minimum atomic E-state index is 0. The van der Waals surface area contributed by atoms with E-state index in [9.17, 15) is 0 Å². The molecule has 1 heterocycles. The van der Waals surface area contributed by atoms with Gasteiger partial charge in [-0.05, 0) is 20.3 Å². The van der Waals surface area contributed by atoms with Crippen molar-refractivity contribution >= 4 is 0 Å². The molecule has 1 fully saturated rings. The molecule has 0 aliphatic carbocycles. The molecule has 0 spiro atoms. The molecule has 2 unspecified atom stereocenters. The van der Waals surface area contributed by atoms with Crippen molar-refractivity contribution in [2.75, 3.05) is 0 Å². The average molecular weight is 118 g/mol. The highest BCUT2D eigenvalue weighted by Gasteiger charge is 2.20. The van der Waals surface area contributed by atoms with E-state index in [1.165, 1.54) is 6.42 Å². The van der Waals surface area contributed by atoms with Gasteiger partial charge in [0.05, 0.1) is 12.2 Å². The second kappa shape index (κ2) is 3.90. The summed E-state index contributed by atoms with van der Waals surface area (Å²) < 4.78 is 5.14. The molecule has 1 rings (SSSR count). The molecule has 0 radical (unpaired) electrons. The Kier molecular flexibility index (Phi) is 5.29. The molecule has 1 saturated heterocycles. The summed E-state index contributed by atoms with van der Waals surface area (Å²) in [7, 11) is 0. The van der Waals surface area contributed by atoms with Crippen molar-refractivity contribution in [3.8, 4) is 0 Å². The van der Waals surface area contributed by atoms with E-state index in [1.807, 2.05) is 0 Å². The van der Waals surface area contributed by atoms with Crippen LogP contribution in [-0.2, 0) is 4.74 Å². The molecule has 0 aromatic rings. The van der Waals surface area contributed by atoms with Gasteiger partial charge in [0.2, 0.25) is 0 Å². The Hall–Kier alpha value is -0.0400. The van der Waals surface area contributed by atoms with Crippen molar-refractivity contribution in [2.24, 2.45) is 0 Å². The summed E-state index contributed by atoms with van der Waals surface area (Å²) in [5, 5.41) is 0. The van der Waals surface area contributed by atoms with E-state index in [0.717, 1.165) is 0 Å². The predicted molar refractivity (Wildman–Crippen MR) is 38.1 cm³/mol. The van der Waals surface area contributed by atoms with Gasteiger partial charge in [-0.25, -0.2) is 0 Å². The van der Waals surface area contributed by atoms with Gasteiger partial charge in [-0.3, -0.25) is 0 Å². The lowest BCUT2D eigenvalue weighted by atomic mass is 10.1. The fourth-order valence-electron chi connectivity index (χ4n) is 0.853. The van der Waals surface area contributed by atoms with Crippen LogP contribution in [0.15, 0.2) is 0 Å². The lowest BCUT2D eigenvalue weighted by Gasteiger charge is -2.30. The Balaban J connectivity index is 0. The first-order chi connectivity index (χ1) is 2.79. The highest BCUT2D eigenvalue weighted by molar-refractivity contribution is 4.67. The van der Waals surface area contributed by atoms with E-state index in [4.69, 9.17) is 4.74 Å². The van der Waals surface area contributed by atoms with Gasteiger partial charge < -0.3 is 4.74 Å². The summed E-state index contributed by atoms with van der Waals surface area (Å²) in [5.41, 5.74) is 0. The molecule has 0 saturated carbocycles. The third-order valence-electron chi connectivity index (χ3n) is 1.13. The minimum absolute atomic E-state index is 0. The standard InChI is InChI=1S/C5H10O.2CH4/c1-4-3-5(2)6-4;;/h4-5H,3H2,1-2H3;2*1H4. The van der Waals surface area contributed by atoms with Crippen molar-refractivity contribution in [3.63, 3.8) is 0 Å². The maximum absolute atomic E-state index is 5.14. The number of hydrogen-bond donors (Lipinski definition) is 0. The van der Waals surface area contributed by atoms with Crippen molar-refractivity contribution in [3.05, 3.63) is 0 Å². The van der Waals surface area contributed by atoms with Crippen molar-refractivity contribution < 1.29 is 4.74 Å². The van der Waals surface area contributed by atoms with Gasteiger partial charge >= 0.3 is 0 Å². The van der Waals surface area contributed by atoms with Crippen molar-refractivity contribution in [1.82, 2.24) is 0 Å². The third-order valence-corrected chi connectivity index (χ3v) is 1.13. The topological polar surface area (TPSA) is 9.23 Å². The molecule has 8 heavy (non-hydrogen) atoms. The monoisotopic (exact) mass is 118 g/mol. The summed E-state index contributed by atoms with van der Waals surface area (Å²) in [5.74, 6) is 0. The van der Waals surface area contributed by atoms with Gasteiger partial charge in [0.15, 0.2) is 0 Å². The van der Waals surface area contributed by atoms with E-state index in [1.54, 1.807) is 0 Å². The quantitative estimate of drug-likeness (QED) is 0.474. The van der Waals surface area contributed by atoms with Gasteiger partial charge in [0.25, 0.3) is 0 Å². The van der Waals surface area contributed by atoms with Crippen molar-refractivity contribution in [1.29, 1.82) is 0 Å². The van der Waals surface area contributed by atoms with Crippen LogP contribution in [-0.4, -0.2) is 12.2 Å². The van der Waals surface area contributed by atoms with Crippen LogP contribution in [0.1, 0.15) is 35.1 Å². The largest absolute Gasteiger partial charge is 0.375 e. The SMILES string of the molecule is C.C.CC1CC(C)O1. The van der Waals surface area contributed by atoms with E-state index in [-0.39, 0.29) is 14.9 Å². The molecule has 1 nitrogen and oxygen atoms in total. The van der Waals surface area contributed by atoms with Crippen LogP contribution in [0.5, 0.6) is 0 Å². The Morgan fingerprint density at radius 1 is 1.12 bits per heavy atom. The molecule has 0 amide bonds. The van der Waals surface area contributed by atoms with Crippen LogP contribution in [0.3, 0.4) is 0 Å². The Labute approximate surface area is 53.0 Å². The summed E-state index contributed by atoms with van der Waals surface area (Å²) in [6.07, 6.45) is 2.33. The Morgan fingerprint density at radius 3 is 1.38 bits per heavy atom. The second-order valence-corrected chi connectivity index (χ2v) is 1.99. The normalized spacial score (nSPS) is 33.8. The molecule has 0 N–H and O–H groups in total. The van der Waals surface area contributed by atoms with E-state index < -0.39 is 0 Å². The summed E-state index contributed by atoms with van der Waals surface area (Å²) in [6, 6.07) is 0. The van der Waals surface area contributed by atoms with Gasteiger partial charge in [0, 0.05) is 0 Å². The highest BCUT2D eigenvalue weighted by atomic mass is 16.5. The minimum Gasteiger partial charge on any atom is -0.375 e. The van der Waals surface area contributed by atoms with Gasteiger partial charge in [0.1, 0.15) is 0 Å². The van der Waals surface area contributed by atoms with Gasteiger partial charge in [-0.15, -0.1) is 0 Å². The molecule has 0 bridgehead atoms. The zero-order valence-corrected chi connectivity index (χ0v) is 4.27. The van der Waals surface area contributed by atoms with Crippen molar-refractivity contribution in [2.45, 2.75) is 47.3 Å². The highest BCUT2D eigenvalue weighted by Crippen LogP contribution is 2.17. The first kappa shape index (κ1) is 10.9. The first-order valence-electron chi connectivity index (χ1n) is 2.44. The molecule has 2 atom stereocenters. The Bertz CT molecular complexity index is 40.3. The van der Waals surface area contributed by atoms with Crippen LogP contribution in [0.4, 0.5) is 0 Å². The molecular weight excluding hydrogens is 100 g/mol. The lowest BCUT2D eigenvalue weighted by Crippen LogP contribution is -2.31. The molecule has 52 valence electrons. The molecule has 1 heteroatoms. The third kappa shape index (κ3) is 2.31. The molecule has 0 aromatic heterocycles. The number of rotatable bonds is 0. The Morgan fingerprint density at radius 2 is 1.38 bits per heavy atom. The summed E-state index contributed by atoms with van der Waals surface area (Å²) in [6.45, 7) is 4.19. The molecule has 1 aliphatic heterocycles. The van der Waals surface area contributed by atoms with Gasteiger partial charge in [-0.2, -0.15) is 0 Å². The van der Waals surface area contributed by atoms with E-state index in [2.05, 4.69) is 13.8 Å². The fraction of sp³-hybridized carbons (Fsp3) is 1.00. The molecule has 1 aliphatic rings.